The molecule has 0 atom stereocenters. The van der Waals surface area contributed by atoms with Crippen molar-refractivity contribution in [2.75, 3.05) is 0 Å². The third-order valence-corrected chi connectivity index (χ3v) is 3.76. The van der Waals surface area contributed by atoms with E-state index in [9.17, 15) is 15.0 Å². The van der Waals surface area contributed by atoms with Crippen LogP contribution in [0.3, 0.4) is 0 Å². The second-order valence-electron chi connectivity index (χ2n) is 5.06. The molecular formula is C14H18O4. The average Bonchev–Trinajstić information content (AvgIpc) is 2.30. The Hall–Kier alpha value is -1.71. The number of phenolic OH excluding ortho intramolecular Hbond substituents is 2. The molecule has 0 bridgehead atoms. The zero-order chi connectivity index (χ0) is 13.1. The normalized spacial score (nSPS) is 23.8. The number of phenols is 2. The minimum atomic E-state index is -0.731. The molecule has 3 N–H and O–H groups in total. The summed E-state index contributed by atoms with van der Waals surface area (Å²) >= 11 is 0. The summed E-state index contributed by atoms with van der Waals surface area (Å²) in [6.45, 7) is 0. The zero-order valence-electron chi connectivity index (χ0n) is 10.2. The Morgan fingerprint density at radius 1 is 1.17 bits per heavy atom. The first-order valence-electron chi connectivity index (χ1n) is 6.30. The van der Waals surface area contributed by atoms with Gasteiger partial charge in [-0.15, -0.1) is 0 Å². The molecule has 0 aliphatic heterocycles. The highest BCUT2D eigenvalue weighted by Crippen LogP contribution is 2.40. The molecule has 0 spiro atoms. The molecule has 1 aliphatic carbocycles. The lowest BCUT2D eigenvalue weighted by Gasteiger charge is -2.28. The van der Waals surface area contributed by atoms with Gasteiger partial charge in [-0.05, 0) is 49.1 Å². The van der Waals surface area contributed by atoms with E-state index < -0.39 is 5.97 Å². The molecule has 0 amide bonds. The van der Waals surface area contributed by atoms with Crippen molar-refractivity contribution in [2.45, 2.75) is 38.0 Å². The Balaban J connectivity index is 1.99. The van der Waals surface area contributed by atoms with Crippen LogP contribution in [0, 0.1) is 5.92 Å². The Morgan fingerprint density at radius 2 is 1.83 bits per heavy atom. The Bertz CT molecular complexity index is 433. The fourth-order valence-corrected chi connectivity index (χ4v) is 2.80. The van der Waals surface area contributed by atoms with Crippen LogP contribution in [0.25, 0.3) is 0 Å². The third-order valence-electron chi connectivity index (χ3n) is 3.76. The van der Waals surface area contributed by atoms with E-state index in [-0.39, 0.29) is 29.8 Å². The van der Waals surface area contributed by atoms with Gasteiger partial charge in [-0.3, -0.25) is 4.79 Å². The van der Waals surface area contributed by atoms with Crippen LogP contribution in [0.2, 0.25) is 0 Å². The minimum absolute atomic E-state index is 0.0656. The van der Waals surface area contributed by atoms with Gasteiger partial charge in [0.2, 0.25) is 0 Å². The fourth-order valence-electron chi connectivity index (χ4n) is 2.80. The van der Waals surface area contributed by atoms with Gasteiger partial charge in [-0.25, -0.2) is 0 Å². The molecule has 1 saturated carbocycles. The molecule has 1 aliphatic rings. The van der Waals surface area contributed by atoms with E-state index in [4.69, 9.17) is 5.11 Å². The molecule has 0 saturated heterocycles. The lowest BCUT2D eigenvalue weighted by atomic mass is 9.77. The van der Waals surface area contributed by atoms with Gasteiger partial charge < -0.3 is 15.3 Å². The SMILES string of the molecule is O=C(O)C[C@H]1CC[C@H](c2ccc(O)cc2O)CC1. The summed E-state index contributed by atoms with van der Waals surface area (Å²) in [6.07, 6.45) is 3.81. The van der Waals surface area contributed by atoms with Crippen LogP contribution < -0.4 is 0 Å². The Morgan fingerprint density at radius 3 is 2.39 bits per heavy atom. The molecular weight excluding hydrogens is 232 g/mol. The van der Waals surface area contributed by atoms with Gasteiger partial charge in [0.1, 0.15) is 11.5 Å². The minimum Gasteiger partial charge on any atom is -0.508 e. The van der Waals surface area contributed by atoms with Crippen LogP contribution in [0.1, 0.15) is 43.6 Å². The average molecular weight is 250 g/mol. The van der Waals surface area contributed by atoms with Crippen LogP contribution in [-0.2, 0) is 4.79 Å². The standard InChI is InChI=1S/C14H18O4/c15-11-5-6-12(13(16)8-11)10-3-1-9(2-4-10)7-14(17)18/h5-6,8-10,15-16H,1-4,7H2,(H,17,18)/t9-,10-. The molecule has 1 aromatic carbocycles. The van der Waals surface area contributed by atoms with Gasteiger partial charge in [0, 0.05) is 12.5 Å². The van der Waals surface area contributed by atoms with E-state index in [0.29, 0.717) is 0 Å². The molecule has 98 valence electrons. The number of hydrogen-bond donors (Lipinski definition) is 3. The molecule has 1 aromatic rings. The molecule has 0 unspecified atom stereocenters. The van der Waals surface area contributed by atoms with Crippen LogP contribution in [0.5, 0.6) is 11.5 Å². The topological polar surface area (TPSA) is 77.8 Å². The Labute approximate surface area is 106 Å². The molecule has 0 aromatic heterocycles. The summed E-state index contributed by atoms with van der Waals surface area (Å²) in [6, 6.07) is 4.70. The number of hydrogen-bond acceptors (Lipinski definition) is 3. The van der Waals surface area contributed by atoms with Crippen molar-refractivity contribution >= 4 is 5.97 Å². The summed E-state index contributed by atoms with van der Waals surface area (Å²) in [5.74, 6) is 0.00656. The molecule has 18 heavy (non-hydrogen) atoms. The highest BCUT2D eigenvalue weighted by molar-refractivity contribution is 5.67. The number of aliphatic carboxylic acids is 1. The number of carboxylic acids is 1. The smallest absolute Gasteiger partial charge is 0.303 e. The van der Waals surface area contributed by atoms with Gasteiger partial charge >= 0.3 is 5.97 Å². The number of benzene rings is 1. The number of carboxylic acid groups (broad SMARTS) is 1. The largest absolute Gasteiger partial charge is 0.508 e. The predicted octanol–water partition coefficient (Wildman–Crippen LogP) is 2.85. The van der Waals surface area contributed by atoms with E-state index in [1.807, 2.05) is 0 Å². The molecule has 0 heterocycles. The first-order valence-corrected chi connectivity index (χ1v) is 6.30. The summed E-state index contributed by atoms with van der Waals surface area (Å²) < 4.78 is 0. The van der Waals surface area contributed by atoms with E-state index in [1.54, 1.807) is 12.1 Å². The van der Waals surface area contributed by atoms with E-state index in [1.165, 1.54) is 6.07 Å². The highest BCUT2D eigenvalue weighted by atomic mass is 16.4. The van der Waals surface area contributed by atoms with Gasteiger partial charge in [0.25, 0.3) is 0 Å². The zero-order valence-corrected chi connectivity index (χ0v) is 10.2. The van der Waals surface area contributed by atoms with E-state index in [0.717, 1.165) is 31.2 Å². The van der Waals surface area contributed by atoms with Gasteiger partial charge in [0.05, 0.1) is 0 Å². The first-order chi connectivity index (χ1) is 8.56. The third kappa shape index (κ3) is 2.94. The quantitative estimate of drug-likeness (QED) is 0.770. The van der Waals surface area contributed by atoms with Crippen molar-refractivity contribution in [1.82, 2.24) is 0 Å². The summed E-state index contributed by atoms with van der Waals surface area (Å²) in [5, 5.41) is 27.8. The monoisotopic (exact) mass is 250 g/mol. The van der Waals surface area contributed by atoms with Crippen molar-refractivity contribution in [3.8, 4) is 11.5 Å². The molecule has 1 fully saturated rings. The maximum absolute atomic E-state index is 10.6. The summed E-state index contributed by atoms with van der Waals surface area (Å²) in [7, 11) is 0. The van der Waals surface area contributed by atoms with Crippen LogP contribution in [0.4, 0.5) is 0 Å². The predicted molar refractivity (Wildman–Crippen MR) is 66.7 cm³/mol. The molecule has 2 rings (SSSR count). The summed E-state index contributed by atoms with van der Waals surface area (Å²) in [4.78, 5) is 10.6. The van der Waals surface area contributed by atoms with E-state index in [2.05, 4.69) is 0 Å². The van der Waals surface area contributed by atoms with Crippen molar-refractivity contribution in [2.24, 2.45) is 5.92 Å². The lowest BCUT2D eigenvalue weighted by Crippen LogP contribution is -2.16. The maximum atomic E-state index is 10.6. The molecule has 4 nitrogen and oxygen atoms in total. The van der Waals surface area contributed by atoms with Gasteiger partial charge in [0.15, 0.2) is 0 Å². The second kappa shape index (κ2) is 5.29. The van der Waals surface area contributed by atoms with Crippen LogP contribution in [-0.4, -0.2) is 21.3 Å². The number of rotatable bonds is 3. The second-order valence-corrected chi connectivity index (χ2v) is 5.06. The van der Waals surface area contributed by atoms with Crippen LogP contribution >= 0.6 is 0 Å². The van der Waals surface area contributed by atoms with E-state index >= 15 is 0 Å². The van der Waals surface area contributed by atoms with Crippen molar-refractivity contribution in [1.29, 1.82) is 0 Å². The lowest BCUT2D eigenvalue weighted by molar-refractivity contribution is -0.138. The summed E-state index contributed by atoms with van der Waals surface area (Å²) in [5.41, 5.74) is 0.863. The number of aromatic hydroxyl groups is 2. The van der Waals surface area contributed by atoms with Gasteiger partial charge in [-0.2, -0.15) is 0 Å². The molecule has 4 heteroatoms. The van der Waals surface area contributed by atoms with Crippen LogP contribution in [0.15, 0.2) is 18.2 Å². The first kappa shape index (κ1) is 12.7. The fraction of sp³-hybridized carbons (Fsp3) is 0.500. The van der Waals surface area contributed by atoms with Crippen molar-refractivity contribution in [3.63, 3.8) is 0 Å². The molecule has 0 radical (unpaired) electrons. The van der Waals surface area contributed by atoms with Gasteiger partial charge in [-0.1, -0.05) is 6.07 Å². The van der Waals surface area contributed by atoms with Crippen molar-refractivity contribution in [3.05, 3.63) is 23.8 Å². The maximum Gasteiger partial charge on any atom is 0.303 e. The number of carbonyl (C=O) groups is 1. The highest BCUT2D eigenvalue weighted by Gasteiger charge is 2.25. The Kier molecular flexibility index (Phi) is 3.75. The van der Waals surface area contributed by atoms with Crippen molar-refractivity contribution < 1.29 is 20.1 Å².